The third-order valence-corrected chi connectivity index (χ3v) is 4.33. The molecule has 0 saturated heterocycles. The van der Waals surface area contributed by atoms with Gasteiger partial charge in [0.2, 0.25) is 0 Å². The second-order valence-corrected chi connectivity index (χ2v) is 6.80. The lowest BCUT2D eigenvalue weighted by Crippen LogP contribution is -2.32. The van der Waals surface area contributed by atoms with Crippen LogP contribution >= 0.6 is 27.5 Å². The fraction of sp³-hybridized carbons (Fsp3) is 0.222. The van der Waals surface area contributed by atoms with Crippen molar-refractivity contribution in [2.75, 3.05) is 20.3 Å². The van der Waals surface area contributed by atoms with Crippen LogP contribution in [0.1, 0.15) is 5.56 Å². The molecule has 0 saturated carbocycles. The highest BCUT2D eigenvalue weighted by Gasteiger charge is 2.16. The van der Waals surface area contributed by atoms with Gasteiger partial charge in [-0.3, -0.25) is 4.79 Å². The van der Waals surface area contributed by atoms with Crippen LogP contribution in [0, 0.1) is 11.6 Å². The predicted molar refractivity (Wildman–Crippen MR) is 98.4 cm³/mol. The summed E-state index contributed by atoms with van der Waals surface area (Å²) >= 11 is 9.02. The lowest BCUT2D eigenvalue weighted by atomic mass is 10.2. The van der Waals surface area contributed by atoms with Gasteiger partial charge in [0.15, 0.2) is 24.8 Å². The first-order chi connectivity index (χ1) is 12.8. The summed E-state index contributed by atoms with van der Waals surface area (Å²) in [6, 6.07) is 8.29. The van der Waals surface area contributed by atoms with Crippen molar-refractivity contribution in [2.24, 2.45) is 0 Å². The summed E-state index contributed by atoms with van der Waals surface area (Å²) in [6.07, 6.45) is 0. The summed E-state index contributed by atoms with van der Waals surface area (Å²) in [6.45, 7) is -1.20. The van der Waals surface area contributed by atoms with Gasteiger partial charge < -0.3 is 14.4 Å². The molecule has 1 amide bonds. The van der Waals surface area contributed by atoms with E-state index in [1.165, 1.54) is 42.3 Å². The van der Waals surface area contributed by atoms with Crippen LogP contribution in [0.25, 0.3) is 0 Å². The molecule has 0 aliphatic carbocycles. The van der Waals surface area contributed by atoms with Gasteiger partial charge in [-0.2, -0.15) is 0 Å². The third kappa shape index (κ3) is 6.18. The maximum absolute atomic E-state index is 13.7. The van der Waals surface area contributed by atoms with Gasteiger partial charge in [0, 0.05) is 28.7 Å². The van der Waals surface area contributed by atoms with Crippen LogP contribution in [0.3, 0.4) is 0 Å². The topological polar surface area (TPSA) is 55.8 Å². The summed E-state index contributed by atoms with van der Waals surface area (Å²) in [5, 5.41) is 0.191. The number of carbonyl (C=O) groups excluding carboxylic acids is 2. The van der Waals surface area contributed by atoms with Gasteiger partial charge in [-0.1, -0.05) is 33.6 Å². The molecule has 0 spiro atoms. The van der Waals surface area contributed by atoms with Crippen LogP contribution in [-0.2, 0) is 20.9 Å². The zero-order valence-corrected chi connectivity index (χ0v) is 16.5. The quantitative estimate of drug-likeness (QED) is 0.585. The highest BCUT2D eigenvalue weighted by Crippen LogP contribution is 2.22. The second kappa shape index (κ2) is 9.66. The van der Waals surface area contributed by atoms with E-state index in [2.05, 4.69) is 15.9 Å². The highest BCUT2D eigenvalue weighted by molar-refractivity contribution is 9.10. The summed E-state index contributed by atoms with van der Waals surface area (Å²) in [4.78, 5) is 24.8. The minimum atomic E-state index is -0.844. The van der Waals surface area contributed by atoms with E-state index < -0.39 is 36.7 Å². The van der Waals surface area contributed by atoms with Crippen molar-refractivity contribution in [1.82, 2.24) is 4.90 Å². The zero-order valence-electron chi connectivity index (χ0n) is 14.2. The van der Waals surface area contributed by atoms with Gasteiger partial charge in [0.05, 0.1) is 0 Å². The molecule has 27 heavy (non-hydrogen) atoms. The maximum atomic E-state index is 13.7. The Morgan fingerprint density at radius 2 is 1.89 bits per heavy atom. The van der Waals surface area contributed by atoms with Gasteiger partial charge in [0.25, 0.3) is 5.91 Å². The number of carbonyl (C=O) groups is 2. The number of likely N-dealkylation sites (N-methyl/N-ethyl adjacent to an activating group) is 1. The Hall–Kier alpha value is -2.19. The Balaban J connectivity index is 1.81. The Morgan fingerprint density at radius 3 is 2.56 bits per heavy atom. The average molecular weight is 463 g/mol. The van der Waals surface area contributed by atoms with E-state index in [-0.39, 0.29) is 22.9 Å². The molecular formula is C18H15BrClF2NO4. The molecule has 0 aromatic heterocycles. The summed E-state index contributed by atoms with van der Waals surface area (Å²) in [5.41, 5.74) is 0.162. The molecule has 0 atom stereocenters. The number of hydrogen-bond acceptors (Lipinski definition) is 4. The van der Waals surface area contributed by atoms with E-state index in [0.717, 1.165) is 0 Å². The van der Waals surface area contributed by atoms with E-state index in [1.54, 1.807) is 6.07 Å². The van der Waals surface area contributed by atoms with Crippen LogP contribution in [0.5, 0.6) is 5.75 Å². The number of ether oxygens (including phenoxy) is 2. The molecule has 0 bridgehead atoms. The number of benzene rings is 2. The standard InChI is InChI=1S/C18H15BrClF2NO4/c1-23(8-12-13(20)3-2-4-14(12)21)17(24)9-27-18(25)10-26-16-6-5-11(19)7-15(16)22/h2-7H,8-10H2,1H3. The van der Waals surface area contributed by atoms with E-state index in [4.69, 9.17) is 21.1 Å². The van der Waals surface area contributed by atoms with Crippen LogP contribution in [0.2, 0.25) is 5.02 Å². The van der Waals surface area contributed by atoms with Crippen LogP contribution < -0.4 is 4.74 Å². The molecule has 2 rings (SSSR count). The Labute approximate surface area is 167 Å². The SMILES string of the molecule is CN(Cc1c(F)cccc1Cl)C(=O)COC(=O)COc1ccc(Br)cc1F. The molecule has 0 N–H and O–H groups in total. The fourth-order valence-corrected chi connectivity index (χ4v) is 2.59. The molecular weight excluding hydrogens is 448 g/mol. The monoisotopic (exact) mass is 461 g/mol. The molecule has 144 valence electrons. The summed E-state index contributed by atoms with van der Waals surface area (Å²) < 4.78 is 37.7. The third-order valence-electron chi connectivity index (χ3n) is 3.48. The molecule has 0 aliphatic heterocycles. The average Bonchev–Trinajstić information content (AvgIpc) is 2.62. The first kappa shape index (κ1) is 21.1. The minimum Gasteiger partial charge on any atom is -0.479 e. The Bertz CT molecular complexity index is 830. The van der Waals surface area contributed by atoms with Gasteiger partial charge in [-0.05, 0) is 30.3 Å². The van der Waals surface area contributed by atoms with Crippen molar-refractivity contribution < 1.29 is 27.8 Å². The van der Waals surface area contributed by atoms with E-state index in [9.17, 15) is 18.4 Å². The number of halogens is 4. The molecule has 0 radical (unpaired) electrons. The van der Waals surface area contributed by atoms with E-state index >= 15 is 0 Å². The summed E-state index contributed by atoms with van der Waals surface area (Å²) in [7, 11) is 1.42. The molecule has 9 heteroatoms. The second-order valence-electron chi connectivity index (χ2n) is 5.47. The van der Waals surface area contributed by atoms with Crippen molar-refractivity contribution in [3.05, 3.63) is 63.1 Å². The smallest absolute Gasteiger partial charge is 0.344 e. The molecule has 0 unspecified atom stereocenters. The molecule has 0 fully saturated rings. The fourth-order valence-electron chi connectivity index (χ4n) is 2.03. The van der Waals surface area contributed by atoms with E-state index in [1.807, 2.05) is 0 Å². The molecule has 0 aliphatic rings. The van der Waals surface area contributed by atoms with Crippen LogP contribution in [0.4, 0.5) is 8.78 Å². The number of nitrogens with zero attached hydrogens (tertiary/aromatic N) is 1. The summed E-state index contributed by atoms with van der Waals surface area (Å²) in [5.74, 6) is -2.70. The van der Waals surface area contributed by atoms with Crippen molar-refractivity contribution in [2.45, 2.75) is 6.54 Å². The van der Waals surface area contributed by atoms with Crippen molar-refractivity contribution >= 4 is 39.4 Å². The Morgan fingerprint density at radius 1 is 1.15 bits per heavy atom. The Kier molecular flexibility index (Phi) is 7.55. The van der Waals surface area contributed by atoms with Crippen molar-refractivity contribution in [1.29, 1.82) is 0 Å². The number of esters is 1. The minimum absolute atomic E-state index is 0.0809. The zero-order chi connectivity index (χ0) is 20.0. The van der Waals surface area contributed by atoms with Crippen molar-refractivity contribution in [3.63, 3.8) is 0 Å². The normalized spacial score (nSPS) is 10.4. The lowest BCUT2D eigenvalue weighted by molar-refractivity contribution is -0.153. The number of amides is 1. The van der Waals surface area contributed by atoms with Crippen LogP contribution in [-0.4, -0.2) is 37.0 Å². The predicted octanol–water partition coefficient (Wildman–Crippen LogP) is 3.96. The maximum Gasteiger partial charge on any atom is 0.344 e. The number of hydrogen-bond donors (Lipinski definition) is 0. The van der Waals surface area contributed by atoms with Crippen LogP contribution in [0.15, 0.2) is 40.9 Å². The van der Waals surface area contributed by atoms with Crippen molar-refractivity contribution in [3.8, 4) is 5.75 Å². The molecule has 2 aromatic carbocycles. The molecule has 2 aromatic rings. The van der Waals surface area contributed by atoms with E-state index in [0.29, 0.717) is 4.47 Å². The first-order valence-corrected chi connectivity index (χ1v) is 8.85. The lowest BCUT2D eigenvalue weighted by Gasteiger charge is -2.18. The van der Waals surface area contributed by atoms with Gasteiger partial charge in [-0.15, -0.1) is 0 Å². The highest BCUT2D eigenvalue weighted by atomic mass is 79.9. The largest absolute Gasteiger partial charge is 0.479 e. The molecule has 5 nitrogen and oxygen atoms in total. The van der Waals surface area contributed by atoms with Gasteiger partial charge >= 0.3 is 5.97 Å². The molecule has 0 heterocycles. The van der Waals surface area contributed by atoms with Gasteiger partial charge in [-0.25, -0.2) is 13.6 Å². The number of rotatable bonds is 7. The van der Waals surface area contributed by atoms with Gasteiger partial charge in [0.1, 0.15) is 5.82 Å². The first-order valence-electron chi connectivity index (χ1n) is 7.68.